The fourth-order valence-electron chi connectivity index (χ4n) is 3.02. The molecule has 1 heterocycles. The number of nitrogens with zero attached hydrogens (tertiary/aromatic N) is 2. The number of benzene rings is 2. The van der Waals surface area contributed by atoms with Crippen molar-refractivity contribution < 1.29 is 9.47 Å². The number of aliphatic imine (C=N–C) groups is 1. The maximum Gasteiger partial charge on any atom is 0.209 e. The van der Waals surface area contributed by atoms with Crippen LogP contribution in [-0.2, 0) is 6.42 Å². The molecule has 3 aromatic rings. The Morgan fingerprint density at radius 1 is 1.12 bits per heavy atom. The van der Waals surface area contributed by atoms with Crippen molar-refractivity contribution in [3.05, 3.63) is 58.0 Å². The van der Waals surface area contributed by atoms with Gasteiger partial charge in [-0.25, -0.2) is 9.98 Å². The van der Waals surface area contributed by atoms with Gasteiger partial charge in [0.25, 0.3) is 0 Å². The van der Waals surface area contributed by atoms with E-state index in [1.165, 1.54) is 16.0 Å². The highest BCUT2D eigenvalue weighted by Gasteiger charge is 2.23. The van der Waals surface area contributed by atoms with Gasteiger partial charge in [0.15, 0.2) is 0 Å². The largest absolute Gasteiger partial charge is 0.497 e. The summed E-state index contributed by atoms with van der Waals surface area (Å²) in [6.45, 7) is 2.03. The Morgan fingerprint density at radius 3 is 2.80 bits per heavy atom. The van der Waals surface area contributed by atoms with Crippen molar-refractivity contribution in [2.24, 2.45) is 4.99 Å². The van der Waals surface area contributed by atoms with Crippen molar-refractivity contribution in [3.63, 3.8) is 0 Å². The molecule has 0 saturated heterocycles. The highest BCUT2D eigenvalue weighted by Crippen LogP contribution is 2.42. The summed E-state index contributed by atoms with van der Waals surface area (Å²) in [7, 11) is 3.37. The lowest BCUT2D eigenvalue weighted by Crippen LogP contribution is -1.89. The van der Waals surface area contributed by atoms with Gasteiger partial charge in [0, 0.05) is 23.1 Å². The van der Waals surface area contributed by atoms with Gasteiger partial charge in [-0.2, -0.15) is 0 Å². The van der Waals surface area contributed by atoms with E-state index in [9.17, 15) is 0 Å². The monoisotopic (exact) mass is 350 g/mol. The summed E-state index contributed by atoms with van der Waals surface area (Å²) in [6, 6.07) is 12.2. The van der Waals surface area contributed by atoms with Crippen LogP contribution < -0.4 is 9.47 Å². The van der Waals surface area contributed by atoms with E-state index in [1.54, 1.807) is 25.6 Å². The molecule has 1 aromatic heterocycles. The van der Waals surface area contributed by atoms with E-state index >= 15 is 0 Å². The van der Waals surface area contributed by atoms with Gasteiger partial charge in [-0.1, -0.05) is 23.5 Å². The van der Waals surface area contributed by atoms with Crippen molar-refractivity contribution in [2.75, 3.05) is 14.2 Å². The highest BCUT2D eigenvalue weighted by atomic mass is 32.1. The zero-order valence-corrected chi connectivity index (χ0v) is 15.2. The molecule has 0 amide bonds. The minimum atomic E-state index is 0.783. The number of aryl methyl sites for hydroxylation is 1. The quantitative estimate of drug-likeness (QED) is 0.497. The van der Waals surface area contributed by atoms with Gasteiger partial charge in [0.2, 0.25) is 5.13 Å². The van der Waals surface area contributed by atoms with Crippen molar-refractivity contribution in [2.45, 2.75) is 13.3 Å². The van der Waals surface area contributed by atoms with Crippen LogP contribution in [0.25, 0.3) is 11.3 Å². The molecule has 2 aromatic carbocycles. The second kappa shape index (κ2) is 6.33. The standard InChI is InChI=1S/C20H18N2O2S/c1-12-4-5-13(8-17(12)24-3)11-21-20-22-19-16-7-6-15(23-2)9-14(16)10-18(19)25-20/h4-9,11H,10H2,1-3H3. The molecule has 126 valence electrons. The van der Waals surface area contributed by atoms with E-state index in [4.69, 9.17) is 14.5 Å². The zero-order chi connectivity index (χ0) is 17.4. The van der Waals surface area contributed by atoms with Crippen LogP contribution in [0.3, 0.4) is 0 Å². The molecular weight excluding hydrogens is 332 g/mol. The van der Waals surface area contributed by atoms with Crippen molar-refractivity contribution >= 4 is 22.7 Å². The summed E-state index contributed by atoms with van der Waals surface area (Å²) >= 11 is 1.64. The Balaban J connectivity index is 1.60. The van der Waals surface area contributed by atoms with Crippen molar-refractivity contribution in [3.8, 4) is 22.8 Å². The Labute approximate surface area is 150 Å². The summed E-state index contributed by atoms with van der Waals surface area (Å²) < 4.78 is 10.7. The average molecular weight is 350 g/mol. The first kappa shape index (κ1) is 15.8. The fraction of sp³-hybridized carbons (Fsp3) is 0.200. The second-order valence-electron chi connectivity index (χ2n) is 5.96. The van der Waals surface area contributed by atoms with Crippen molar-refractivity contribution in [1.29, 1.82) is 0 Å². The predicted molar refractivity (Wildman–Crippen MR) is 102 cm³/mol. The molecule has 0 fully saturated rings. The summed E-state index contributed by atoms with van der Waals surface area (Å²) in [4.78, 5) is 10.5. The van der Waals surface area contributed by atoms with Crippen molar-refractivity contribution in [1.82, 2.24) is 4.98 Å². The van der Waals surface area contributed by atoms with E-state index in [-0.39, 0.29) is 0 Å². The summed E-state index contributed by atoms with van der Waals surface area (Å²) in [6.07, 6.45) is 2.73. The van der Waals surface area contributed by atoms with Gasteiger partial charge in [-0.15, -0.1) is 0 Å². The lowest BCUT2D eigenvalue weighted by atomic mass is 10.1. The maximum atomic E-state index is 5.36. The van der Waals surface area contributed by atoms with E-state index in [0.29, 0.717) is 0 Å². The van der Waals surface area contributed by atoms with Crippen LogP contribution >= 0.6 is 11.3 Å². The van der Waals surface area contributed by atoms with E-state index in [2.05, 4.69) is 17.1 Å². The first-order chi connectivity index (χ1) is 12.2. The Kier molecular flexibility index (Phi) is 4.01. The second-order valence-corrected chi connectivity index (χ2v) is 7.02. The number of fused-ring (bicyclic) bond motifs is 3. The van der Waals surface area contributed by atoms with Gasteiger partial charge in [0.05, 0.1) is 19.9 Å². The molecule has 25 heavy (non-hydrogen) atoms. The molecule has 4 nitrogen and oxygen atoms in total. The van der Waals surface area contributed by atoms with Gasteiger partial charge >= 0.3 is 0 Å². The molecule has 0 bridgehead atoms. The fourth-order valence-corrected chi connectivity index (χ4v) is 3.96. The molecule has 4 rings (SSSR count). The molecule has 5 heteroatoms. The Hall–Kier alpha value is -2.66. The van der Waals surface area contributed by atoms with Gasteiger partial charge in [-0.05, 0) is 47.9 Å². The molecule has 0 saturated carbocycles. The number of ether oxygens (including phenoxy) is 2. The molecule has 0 unspecified atom stereocenters. The number of thiazole rings is 1. The van der Waals surface area contributed by atoms with Crippen LogP contribution in [0.4, 0.5) is 5.13 Å². The zero-order valence-electron chi connectivity index (χ0n) is 14.4. The normalized spacial score (nSPS) is 12.3. The molecule has 1 aliphatic carbocycles. The first-order valence-corrected chi connectivity index (χ1v) is 8.85. The molecule has 0 N–H and O–H groups in total. The number of hydrogen-bond donors (Lipinski definition) is 0. The smallest absolute Gasteiger partial charge is 0.209 e. The SMILES string of the molecule is COc1ccc2c(c1)Cc1sc(N=Cc3ccc(C)c(OC)c3)nc1-2. The van der Waals surface area contributed by atoms with Crippen LogP contribution in [0.2, 0.25) is 0 Å². The van der Waals surface area contributed by atoms with E-state index in [0.717, 1.165) is 39.9 Å². The molecule has 1 aliphatic rings. The minimum absolute atomic E-state index is 0.783. The molecule has 0 spiro atoms. The molecule has 0 aliphatic heterocycles. The molecule has 0 atom stereocenters. The Morgan fingerprint density at radius 2 is 2.00 bits per heavy atom. The van der Waals surface area contributed by atoms with E-state index < -0.39 is 0 Å². The lowest BCUT2D eigenvalue weighted by Gasteiger charge is -2.04. The first-order valence-electron chi connectivity index (χ1n) is 8.03. The summed E-state index contributed by atoms with van der Waals surface area (Å²) in [5.74, 6) is 1.76. The molecule has 0 radical (unpaired) electrons. The maximum absolute atomic E-state index is 5.36. The number of aromatic nitrogens is 1. The van der Waals surface area contributed by atoms with Crippen LogP contribution in [0.5, 0.6) is 11.5 Å². The predicted octanol–water partition coefficient (Wildman–Crippen LogP) is 4.79. The van der Waals surface area contributed by atoms with Crippen LogP contribution in [0, 0.1) is 6.92 Å². The molecular formula is C20H18N2O2S. The minimum Gasteiger partial charge on any atom is -0.497 e. The van der Waals surface area contributed by atoms with Gasteiger partial charge < -0.3 is 9.47 Å². The third kappa shape index (κ3) is 2.91. The highest BCUT2D eigenvalue weighted by molar-refractivity contribution is 7.15. The third-order valence-corrected chi connectivity index (χ3v) is 5.32. The van der Waals surface area contributed by atoms with Crippen LogP contribution in [0.15, 0.2) is 41.4 Å². The third-order valence-electron chi connectivity index (χ3n) is 4.36. The lowest BCUT2D eigenvalue weighted by molar-refractivity contribution is 0.411. The van der Waals surface area contributed by atoms with Gasteiger partial charge in [0.1, 0.15) is 11.5 Å². The number of rotatable bonds is 4. The van der Waals surface area contributed by atoms with Gasteiger partial charge in [-0.3, -0.25) is 0 Å². The number of methoxy groups -OCH3 is 2. The Bertz CT molecular complexity index is 976. The van der Waals surface area contributed by atoms with E-state index in [1.807, 2.05) is 37.4 Å². The topological polar surface area (TPSA) is 43.7 Å². The van der Waals surface area contributed by atoms with Crippen LogP contribution in [-0.4, -0.2) is 25.4 Å². The number of hydrogen-bond acceptors (Lipinski definition) is 5. The van der Waals surface area contributed by atoms with Crippen LogP contribution in [0.1, 0.15) is 21.6 Å². The summed E-state index contributed by atoms with van der Waals surface area (Å²) in [5, 5.41) is 0.783. The summed E-state index contributed by atoms with van der Waals surface area (Å²) in [5.41, 5.74) is 5.62. The average Bonchev–Trinajstić information content (AvgIpc) is 3.17.